The molecule has 0 aliphatic heterocycles. The minimum Gasteiger partial charge on any atom is -0.480 e. The van der Waals surface area contributed by atoms with Gasteiger partial charge in [-0.1, -0.05) is 48.5 Å². The molecular weight excluding hydrogens is 424 g/mol. The van der Waals surface area contributed by atoms with Crippen molar-refractivity contribution < 1.29 is 24.2 Å². The Labute approximate surface area is 190 Å². The van der Waals surface area contributed by atoms with Gasteiger partial charge in [-0.3, -0.25) is 14.3 Å². The molecule has 4 rings (SSSR count). The Morgan fingerprint density at radius 3 is 2.30 bits per heavy atom. The lowest BCUT2D eigenvalue weighted by Gasteiger charge is -2.15. The molecule has 1 heterocycles. The van der Waals surface area contributed by atoms with Crippen molar-refractivity contribution >= 4 is 18.0 Å². The lowest BCUT2D eigenvalue weighted by molar-refractivity contribution is -0.138. The van der Waals surface area contributed by atoms with Gasteiger partial charge in [0.05, 0.1) is 24.0 Å². The largest absolute Gasteiger partial charge is 0.480 e. The number of hydrogen-bond donors (Lipinski definition) is 3. The van der Waals surface area contributed by atoms with Crippen LogP contribution in [0.3, 0.4) is 0 Å². The van der Waals surface area contributed by atoms with Gasteiger partial charge in [-0.25, -0.2) is 4.79 Å². The molecule has 9 heteroatoms. The lowest BCUT2D eigenvalue weighted by atomic mass is 9.98. The third kappa shape index (κ3) is 4.43. The molecule has 0 fully saturated rings. The summed E-state index contributed by atoms with van der Waals surface area (Å²) in [6.45, 7) is 1.54. The summed E-state index contributed by atoms with van der Waals surface area (Å²) >= 11 is 0. The minimum atomic E-state index is -1.15. The van der Waals surface area contributed by atoms with Crippen molar-refractivity contribution in [3.63, 3.8) is 0 Å². The Balaban J connectivity index is 1.39. The number of carbonyl (C=O) groups excluding carboxylic acids is 2. The molecule has 1 unspecified atom stereocenters. The smallest absolute Gasteiger partial charge is 0.407 e. The van der Waals surface area contributed by atoms with Gasteiger partial charge < -0.3 is 20.5 Å². The summed E-state index contributed by atoms with van der Waals surface area (Å²) in [6.07, 6.45) is 0.710. The Hall–Kier alpha value is -4.14. The van der Waals surface area contributed by atoms with Crippen molar-refractivity contribution in [3.8, 4) is 11.1 Å². The molecular formula is C24H24N4O5. The van der Waals surface area contributed by atoms with Gasteiger partial charge in [0.15, 0.2) is 0 Å². The lowest BCUT2D eigenvalue weighted by Crippen LogP contribution is -2.39. The molecule has 1 aliphatic rings. The van der Waals surface area contributed by atoms with Gasteiger partial charge in [0, 0.05) is 13.0 Å². The van der Waals surface area contributed by atoms with Crippen LogP contribution in [-0.2, 0) is 23.1 Å². The first kappa shape index (κ1) is 22.1. The number of nitrogens with zero attached hydrogens (tertiary/aromatic N) is 2. The Kier molecular flexibility index (Phi) is 6.12. The molecule has 1 aromatic heterocycles. The Morgan fingerprint density at radius 1 is 1.09 bits per heavy atom. The minimum absolute atomic E-state index is 0.00260. The average molecular weight is 448 g/mol. The Morgan fingerprint density at radius 2 is 1.70 bits per heavy atom. The van der Waals surface area contributed by atoms with Crippen molar-refractivity contribution in [1.29, 1.82) is 0 Å². The number of fused-ring (bicyclic) bond motifs is 3. The number of aryl methyl sites for hydroxylation is 1. The average Bonchev–Trinajstić information content (AvgIpc) is 3.33. The van der Waals surface area contributed by atoms with Crippen LogP contribution < -0.4 is 10.6 Å². The zero-order chi connectivity index (χ0) is 23.5. The molecule has 3 N–H and O–H groups in total. The molecule has 2 aromatic carbocycles. The number of nitrogens with one attached hydrogen (secondary N) is 2. The first-order chi connectivity index (χ1) is 15.9. The Bertz CT molecular complexity index is 1170. The van der Waals surface area contributed by atoms with Crippen LogP contribution >= 0.6 is 0 Å². The standard InChI is InChI=1S/C24H24N4O5/c1-14(23(30)31)27-22(29)19-11-26-28(2)21(19)12-25-24(32)33-13-20-17-9-5-3-7-15(17)16-8-4-6-10-18(16)20/h3-11,14,20H,12-13H2,1-2H3,(H,25,32)(H,27,29)(H,30,31). The van der Waals surface area contributed by atoms with E-state index in [4.69, 9.17) is 9.84 Å². The zero-order valence-corrected chi connectivity index (χ0v) is 18.2. The fourth-order valence-electron chi connectivity index (χ4n) is 4.00. The number of aromatic nitrogens is 2. The molecule has 0 bridgehead atoms. The number of aliphatic carboxylic acids is 1. The predicted molar refractivity (Wildman–Crippen MR) is 120 cm³/mol. The molecule has 3 aromatic rings. The van der Waals surface area contributed by atoms with E-state index in [0.717, 1.165) is 22.3 Å². The van der Waals surface area contributed by atoms with E-state index in [1.165, 1.54) is 17.8 Å². The molecule has 1 atom stereocenters. The monoisotopic (exact) mass is 448 g/mol. The van der Waals surface area contributed by atoms with Crippen molar-refractivity contribution in [2.45, 2.75) is 25.4 Å². The van der Waals surface area contributed by atoms with Gasteiger partial charge in [0.25, 0.3) is 5.91 Å². The van der Waals surface area contributed by atoms with Gasteiger partial charge in [0.2, 0.25) is 0 Å². The fraction of sp³-hybridized carbons (Fsp3) is 0.250. The number of hydrogen-bond acceptors (Lipinski definition) is 5. The van der Waals surface area contributed by atoms with Gasteiger partial charge in [-0.05, 0) is 29.2 Å². The summed E-state index contributed by atoms with van der Waals surface area (Å²) in [7, 11) is 1.63. The molecule has 1 aliphatic carbocycles. The first-order valence-corrected chi connectivity index (χ1v) is 10.5. The van der Waals surface area contributed by atoms with E-state index in [2.05, 4.69) is 27.9 Å². The summed E-state index contributed by atoms with van der Waals surface area (Å²) < 4.78 is 6.96. The zero-order valence-electron chi connectivity index (χ0n) is 18.2. The molecule has 0 saturated carbocycles. The van der Waals surface area contributed by atoms with Crippen LogP contribution in [0.2, 0.25) is 0 Å². The van der Waals surface area contributed by atoms with Gasteiger partial charge in [-0.2, -0.15) is 5.10 Å². The quantitative estimate of drug-likeness (QED) is 0.511. The molecule has 9 nitrogen and oxygen atoms in total. The van der Waals surface area contributed by atoms with Crippen LogP contribution in [0.15, 0.2) is 54.7 Å². The van der Waals surface area contributed by atoms with Crippen LogP contribution in [0.25, 0.3) is 11.1 Å². The van der Waals surface area contributed by atoms with Gasteiger partial charge in [-0.15, -0.1) is 0 Å². The van der Waals surface area contributed by atoms with Crippen LogP contribution in [-0.4, -0.2) is 45.5 Å². The molecule has 170 valence electrons. The van der Waals surface area contributed by atoms with E-state index < -0.39 is 24.0 Å². The van der Waals surface area contributed by atoms with E-state index in [0.29, 0.717) is 5.69 Å². The maximum Gasteiger partial charge on any atom is 0.407 e. The van der Waals surface area contributed by atoms with Crippen molar-refractivity contribution in [2.75, 3.05) is 6.61 Å². The highest BCUT2D eigenvalue weighted by molar-refractivity contribution is 5.97. The second-order valence-corrected chi connectivity index (χ2v) is 7.84. The third-order valence-electron chi connectivity index (χ3n) is 5.77. The van der Waals surface area contributed by atoms with Crippen molar-refractivity contribution in [3.05, 3.63) is 77.1 Å². The predicted octanol–water partition coefficient (Wildman–Crippen LogP) is 2.66. The SMILES string of the molecule is CC(NC(=O)c1cnn(C)c1CNC(=O)OCC1c2ccccc2-c2ccccc21)C(=O)O. The van der Waals surface area contributed by atoms with Crippen LogP contribution in [0.1, 0.15) is 40.0 Å². The van der Waals surface area contributed by atoms with Crippen LogP contribution in [0, 0.1) is 0 Å². The van der Waals surface area contributed by atoms with Crippen LogP contribution in [0.4, 0.5) is 4.79 Å². The summed E-state index contributed by atoms with van der Waals surface area (Å²) in [5.41, 5.74) is 5.13. The number of ether oxygens (including phenoxy) is 1. The summed E-state index contributed by atoms with van der Waals surface area (Å²) in [6, 6.07) is 15.1. The molecule has 0 radical (unpaired) electrons. The highest BCUT2D eigenvalue weighted by Crippen LogP contribution is 2.44. The van der Waals surface area contributed by atoms with E-state index in [1.807, 2.05) is 36.4 Å². The third-order valence-corrected chi connectivity index (χ3v) is 5.77. The number of carbonyl (C=O) groups is 3. The van der Waals surface area contributed by atoms with E-state index >= 15 is 0 Å². The van der Waals surface area contributed by atoms with Crippen molar-refractivity contribution in [2.24, 2.45) is 7.05 Å². The van der Waals surface area contributed by atoms with Crippen molar-refractivity contribution in [1.82, 2.24) is 20.4 Å². The summed E-state index contributed by atoms with van der Waals surface area (Å²) in [4.78, 5) is 35.8. The van der Waals surface area contributed by atoms with Crippen LogP contribution in [0.5, 0.6) is 0 Å². The number of benzene rings is 2. The fourth-order valence-corrected chi connectivity index (χ4v) is 4.00. The topological polar surface area (TPSA) is 123 Å². The van der Waals surface area contributed by atoms with E-state index in [9.17, 15) is 14.4 Å². The second-order valence-electron chi connectivity index (χ2n) is 7.84. The maximum atomic E-state index is 12.4. The number of carboxylic acids is 1. The number of alkyl carbamates (subject to hydrolysis) is 1. The number of carboxylic acid groups (broad SMARTS) is 1. The summed E-state index contributed by atoms with van der Waals surface area (Å²) in [5, 5.41) is 18.1. The van der Waals surface area contributed by atoms with E-state index in [-0.39, 0.29) is 24.6 Å². The highest BCUT2D eigenvalue weighted by atomic mass is 16.5. The second kappa shape index (κ2) is 9.15. The first-order valence-electron chi connectivity index (χ1n) is 10.5. The summed E-state index contributed by atoms with van der Waals surface area (Å²) in [5.74, 6) is -1.79. The number of amides is 2. The molecule has 33 heavy (non-hydrogen) atoms. The van der Waals surface area contributed by atoms with Gasteiger partial charge >= 0.3 is 12.1 Å². The molecule has 0 spiro atoms. The molecule has 2 amide bonds. The number of rotatable bonds is 7. The molecule has 0 saturated heterocycles. The van der Waals surface area contributed by atoms with Gasteiger partial charge in [0.1, 0.15) is 12.6 Å². The van der Waals surface area contributed by atoms with E-state index in [1.54, 1.807) is 7.05 Å². The normalized spacial score (nSPS) is 13.0. The highest BCUT2D eigenvalue weighted by Gasteiger charge is 2.29. The maximum absolute atomic E-state index is 12.4.